The largest absolute Gasteiger partial charge is 0.481 e. The highest BCUT2D eigenvalue weighted by Gasteiger charge is 2.21. The molecule has 3 N–H and O–H groups in total. The Morgan fingerprint density at radius 3 is 2.60 bits per heavy atom. The van der Waals surface area contributed by atoms with Crippen molar-refractivity contribution in [2.24, 2.45) is 11.8 Å². The van der Waals surface area contributed by atoms with E-state index in [1.807, 2.05) is 0 Å². The minimum absolute atomic E-state index is 0.0970. The van der Waals surface area contributed by atoms with Crippen LogP contribution in [0.2, 0.25) is 0 Å². The zero-order chi connectivity index (χ0) is 15.0. The number of aliphatic carboxylic acids is 1. The molecule has 0 aromatic heterocycles. The lowest BCUT2D eigenvalue weighted by Crippen LogP contribution is -2.42. The van der Waals surface area contributed by atoms with Gasteiger partial charge in [0.25, 0.3) is 0 Å². The highest BCUT2D eigenvalue weighted by Crippen LogP contribution is 2.28. The Labute approximate surface area is 121 Å². The third-order valence-corrected chi connectivity index (χ3v) is 4.14. The van der Waals surface area contributed by atoms with E-state index in [1.54, 1.807) is 0 Å². The molecule has 0 saturated heterocycles. The van der Waals surface area contributed by atoms with E-state index in [2.05, 4.69) is 24.5 Å². The Hall–Kier alpha value is -1.26. The van der Waals surface area contributed by atoms with Gasteiger partial charge in [-0.25, -0.2) is 4.79 Å². The summed E-state index contributed by atoms with van der Waals surface area (Å²) < 4.78 is 0. The number of carbonyl (C=O) groups excluding carboxylic acids is 1. The summed E-state index contributed by atoms with van der Waals surface area (Å²) in [6.45, 7) is 4.96. The number of hydrogen-bond donors (Lipinski definition) is 3. The van der Waals surface area contributed by atoms with Gasteiger partial charge in [-0.2, -0.15) is 0 Å². The summed E-state index contributed by atoms with van der Waals surface area (Å²) in [5, 5.41) is 14.2. The Morgan fingerprint density at radius 2 is 1.95 bits per heavy atom. The molecule has 1 aliphatic carbocycles. The molecule has 116 valence electrons. The van der Waals surface area contributed by atoms with Crippen molar-refractivity contribution in [1.29, 1.82) is 0 Å². The van der Waals surface area contributed by atoms with Gasteiger partial charge in [0, 0.05) is 19.0 Å². The number of nitrogens with one attached hydrogen (secondary N) is 2. The lowest BCUT2D eigenvalue weighted by atomic mass is 9.89. The molecule has 1 fully saturated rings. The van der Waals surface area contributed by atoms with Crippen molar-refractivity contribution < 1.29 is 14.7 Å². The van der Waals surface area contributed by atoms with E-state index in [1.165, 1.54) is 19.3 Å². The summed E-state index contributed by atoms with van der Waals surface area (Å²) in [7, 11) is 0. The highest BCUT2D eigenvalue weighted by atomic mass is 16.4. The molecule has 0 bridgehead atoms. The summed E-state index contributed by atoms with van der Waals surface area (Å²) in [5.74, 6) is 0.676. The van der Waals surface area contributed by atoms with Crippen LogP contribution in [0.5, 0.6) is 0 Å². The first-order valence-electron chi connectivity index (χ1n) is 7.75. The van der Waals surface area contributed by atoms with Crippen molar-refractivity contribution in [3.63, 3.8) is 0 Å². The SMILES string of the molecule is CC(C)C1CCCC(NC(=O)NCCCC(=O)O)CC1. The van der Waals surface area contributed by atoms with E-state index in [-0.39, 0.29) is 18.5 Å². The van der Waals surface area contributed by atoms with Gasteiger partial charge in [-0.3, -0.25) is 4.79 Å². The van der Waals surface area contributed by atoms with Gasteiger partial charge in [-0.05, 0) is 37.5 Å². The fraction of sp³-hybridized carbons (Fsp3) is 0.867. The van der Waals surface area contributed by atoms with Crippen molar-refractivity contribution in [1.82, 2.24) is 10.6 Å². The maximum absolute atomic E-state index is 11.7. The predicted octanol–water partition coefficient (Wildman–Crippen LogP) is 2.76. The van der Waals surface area contributed by atoms with Gasteiger partial charge < -0.3 is 15.7 Å². The van der Waals surface area contributed by atoms with Crippen LogP contribution in [0.15, 0.2) is 0 Å². The molecule has 5 heteroatoms. The molecular weight excluding hydrogens is 256 g/mol. The maximum atomic E-state index is 11.7. The van der Waals surface area contributed by atoms with Crippen molar-refractivity contribution in [3.05, 3.63) is 0 Å². The zero-order valence-corrected chi connectivity index (χ0v) is 12.7. The van der Waals surface area contributed by atoms with Crippen LogP contribution >= 0.6 is 0 Å². The first-order valence-corrected chi connectivity index (χ1v) is 7.75. The average Bonchev–Trinajstić information content (AvgIpc) is 2.60. The topological polar surface area (TPSA) is 78.4 Å². The second-order valence-electron chi connectivity index (χ2n) is 6.11. The molecular formula is C15H28N2O3. The van der Waals surface area contributed by atoms with Gasteiger partial charge in [-0.1, -0.05) is 26.7 Å². The standard InChI is InChI=1S/C15H28N2O3/c1-11(2)12-5-3-6-13(9-8-12)17-15(20)16-10-4-7-14(18)19/h11-13H,3-10H2,1-2H3,(H,18,19)(H2,16,17,20). The van der Waals surface area contributed by atoms with Gasteiger partial charge in [0.05, 0.1) is 0 Å². The monoisotopic (exact) mass is 284 g/mol. The second kappa shape index (κ2) is 8.82. The lowest BCUT2D eigenvalue weighted by molar-refractivity contribution is -0.137. The van der Waals surface area contributed by atoms with Crippen molar-refractivity contribution in [2.75, 3.05) is 6.54 Å². The third-order valence-electron chi connectivity index (χ3n) is 4.14. The first-order chi connectivity index (χ1) is 9.49. The molecule has 2 unspecified atom stereocenters. The molecule has 2 amide bonds. The average molecular weight is 284 g/mol. The van der Waals surface area contributed by atoms with Crippen LogP contribution < -0.4 is 10.6 Å². The van der Waals surface area contributed by atoms with Crippen molar-refractivity contribution >= 4 is 12.0 Å². The van der Waals surface area contributed by atoms with E-state index in [0.717, 1.165) is 24.7 Å². The molecule has 1 saturated carbocycles. The molecule has 20 heavy (non-hydrogen) atoms. The second-order valence-corrected chi connectivity index (χ2v) is 6.11. The summed E-state index contributed by atoms with van der Waals surface area (Å²) in [6, 6.07) is 0.0987. The molecule has 0 aliphatic heterocycles. The minimum Gasteiger partial charge on any atom is -0.481 e. The zero-order valence-electron chi connectivity index (χ0n) is 12.7. The molecule has 2 atom stereocenters. The molecule has 0 heterocycles. The van der Waals surface area contributed by atoms with Gasteiger partial charge in [0.15, 0.2) is 0 Å². The number of hydrogen-bond acceptors (Lipinski definition) is 2. The molecule has 0 aromatic carbocycles. The van der Waals surface area contributed by atoms with Crippen LogP contribution in [0, 0.1) is 11.8 Å². The summed E-state index contributed by atoms with van der Waals surface area (Å²) in [5.41, 5.74) is 0. The molecule has 1 rings (SSSR count). The summed E-state index contributed by atoms with van der Waals surface area (Å²) in [6.07, 6.45) is 6.28. The fourth-order valence-corrected chi connectivity index (χ4v) is 2.82. The Bertz CT molecular complexity index is 318. The Kier molecular flexibility index (Phi) is 7.41. The van der Waals surface area contributed by atoms with Gasteiger partial charge >= 0.3 is 12.0 Å². The predicted molar refractivity (Wildman–Crippen MR) is 78.6 cm³/mol. The lowest BCUT2D eigenvalue weighted by Gasteiger charge is -2.19. The molecule has 0 radical (unpaired) electrons. The van der Waals surface area contributed by atoms with Crippen molar-refractivity contribution in [3.8, 4) is 0 Å². The van der Waals surface area contributed by atoms with Crippen LogP contribution in [0.1, 0.15) is 58.8 Å². The molecule has 1 aliphatic rings. The number of carboxylic acids is 1. The normalized spacial score (nSPS) is 23.1. The van der Waals surface area contributed by atoms with E-state index in [0.29, 0.717) is 13.0 Å². The molecule has 0 spiro atoms. The quantitative estimate of drug-likeness (QED) is 0.518. The minimum atomic E-state index is -0.823. The van der Waals surface area contributed by atoms with E-state index >= 15 is 0 Å². The first kappa shape index (κ1) is 16.8. The Morgan fingerprint density at radius 1 is 1.20 bits per heavy atom. The fourth-order valence-electron chi connectivity index (χ4n) is 2.82. The van der Waals surface area contributed by atoms with E-state index in [9.17, 15) is 9.59 Å². The molecule has 5 nitrogen and oxygen atoms in total. The van der Waals surface area contributed by atoms with Crippen LogP contribution in [-0.4, -0.2) is 29.7 Å². The number of rotatable bonds is 6. The summed E-state index contributed by atoms with van der Waals surface area (Å²) in [4.78, 5) is 22.1. The van der Waals surface area contributed by atoms with E-state index in [4.69, 9.17) is 5.11 Å². The maximum Gasteiger partial charge on any atom is 0.315 e. The third kappa shape index (κ3) is 6.78. The number of amides is 2. The van der Waals surface area contributed by atoms with Crippen LogP contribution in [0.25, 0.3) is 0 Å². The van der Waals surface area contributed by atoms with Crippen LogP contribution in [0.3, 0.4) is 0 Å². The van der Waals surface area contributed by atoms with Crippen LogP contribution in [-0.2, 0) is 4.79 Å². The van der Waals surface area contributed by atoms with E-state index < -0.39 is 5.97 Å². The summed E-state index contributed by atoms with van der Waals surface area (Å²) >= 11 is 0. The number of carboxylic acid groups (broad SMARTS) is 1. The number of urea groups is 1. The molecule has 0 aromatic rings. The van der Waals surface area contributed by atoms with Crippen molar-refractivity contribution in [2.45, 2.75) is 64.8 Å². The smallest absolute Gasteiger partial charge is 0.315 e. The van der Waals surface area contributed by atoms with Crippen LogP contribution in [0.4, 0.5) is 4.79 Å². The van der Waals surface area contributed by atoms with Gasteiger partial charge in [-0.15, -0.1) is 0 Å². The van der Waals surface area contributed by atoms with Gasteiger partial charge in [0.2, 0.25) is 0 Å². The van der Waals surface area contributed by atoms with Gasteiger partial charge in [0.1, 0.15) is 0 Å². The highest BCUT2D eigenvalue weighted by molar-refractivity contribution is 5.74. The Balaban J connectivity index is 2.20. The number of carbonyl (C=O) groups is 2.